The second kappa shape index (κ2) is 7.29. The molecule has 0 aliphatic heterocycles. The number of nitrogens with two attached hydrogens (primary N) is 1. The van der Waals surface area contributed by atoms with Crippen molar-refractivity contribution in [2.45, 2.75) is 25.1 Å². The highest BCUT2D eigenvalue weighted by atomic mass is 32.2. The van der Waals surface area contributed by atoms with Crippen molar-refractivity contribution in [1.82, 2.24) is 5.16 Å². The molecule has 6 heteroatoms. The molecule has 0 saturated heterocycles. The number of rotatable bonds is 7. The maximum absolute atomic E-state index is 11.2. The van der Waals surface area contributed by atoms with Crippen LogP contribution in [0.3, 0.4) is 0 Å². The molecule has 1 heterocycles. The Morgan fingerprint density at radius 2 is 2.56 bits per heavy atom. The van der Waals surface area contributed by atoms with Gasteiger partial charge < -0.3 is 15.0 Å². The smallest absolute Gasteiger partial charge is 0.322 e. The second-order valence-electron chi connectivity index (χ2n) is 3.18. The topological polar surface area (TPSA) is 78.4 Å². The van der Waals surface area contributed by atoms with Crippen LogP contribution in [0, 0.1) is 0 Å². The summed E-state index contributed by atoms with van der Waals surface area (Å²) in [6, 6.07) is 1.29. The minimum absolute atomic E-state index is 0.331. The summed E-state index contributed by atoms with van der Waals surface area (Å²) in [6.45, 7) is 2.14. The third kappa shape index (κ3) is 4.67. The number of aromatic nitrogens is 1. The van der Waals surface area contributed by atoms with Crippen LogP contribution >= 0.6 is 11.8 Å². The van der Waals surface area contributed by atoms with E-state index in [1.54, 1.807) is 24.9 Å². The maximum Gasteiger partial charge on any atom is 0.322 e. The minimum Gasteiger partial charge on any atom is -0.465 e. The Bertz CT molecular complexity index is 303. The lowest BCUT2D eigenvalue weighted by atomic mass is 10.2. The molecule has 1 unspecified atom stereocenters. The van der Waals surface area contributed by atoms with Crippen LogP contribution in [0.5, 0.6) is 0 Å². The molecular weight excluding hydrogens is 228 g/mol. The van der Waals surface area contributed by atoms with E-state index < -0.39 is 6.04 Å². The van der Waals surface area contributed by atoms with Gasteiger partial charge in [-0.25, -0.2) is 0 Å². The quantitative estimate of drug-likeness (QED) is 0.573. The number of carbonyl (C=O) groups is 1. The van der Waals surface area contributed by atoms with E-state index in [1.165, 1.54) is 0 Å². The number of esters is 1. The molecule has 0 spiro atoms. The molecule has 1 rings (SSSR count). The van der Waals surface area contributed by atoms with E-state index >= 15 is 0 Å². The summed E-state index contributed by atoms with van der Waals surface area (Å²) in [7, 11) is 0. The number of hydrogen-bond donors (Lipinski definition) is 1. The summed E-state index contributed by atoms with van der Waals surface area (Å²) in [5.74, 6) is 2.04. The standard InChI is InChI=1S/C10H16N2O3S/c1-2-14-10(13)9(11)4-6-16-7-8-3-5-12-15-8/h3,5,9H,2,4,6-7,11H2,1H3. The first-order chi connectivity index (χ1) is 7.74. The van der Waals surface area contributed by atoms with Crippen molar-refractivity contribution in [3.8, 4) is 0 Å². The minimum atomic E-state index is -0.526. The van der Waals surface area contributed by atoms with Crippen LogP contribution in [0.1, 0.15) is 19.1 Å². The summed E-state index contributed by atoms with van der Waals surface area (Å²) >= 11 is 1.65. The Hall–Kier alpha value is -1.01. The fourth-order valence-corrected chi connectivity index (χ4v) is 1.98. The van der Waals surface area contributed by atoms with Gasteiger partial charge in [0.2, 0.25) is 0 Å². The van der Waals surface area contributed by atoms with Gasteiger partial charge >= 0.3 is 5.97 Å². The molecule has 0 fully saturated rings. The van der Waals surface area contributed by atoms with Crippen LogP contribution in [0.2, 0.25) is 0 Å². The fourth-order valence-electron chi connectivity index (χ4n) is 1.07. The molecule has 0 aliphatic rings. The van der Waals surface area contributed by atoms with E-state index in [9.17, 15) is 4.79 Å². The molecule has 1 aromatic rings. The summed E-state index contributed by atoms with van der Waals surface area (Å²) in [5.41, 5.74) is 5.64. The SMILES string of the molecule is CCOC(=O)C(N)CCSCc1ccno1. The largest absolute Gasteiger partial charge is 0.465 e. The maximum atomic E-state index is 11.2. The lowest BCUT2D eigenvalue weighted by Crippen LogP contribution is -2.32. The number of carbonyl (C=O) groups excluding carboxylic acids is 1. The Morgan fingerprint density at radius 3 is 3.19 bits per heavy atom. The van der Waals surface area contributed by atoms with Crippen molar-refractivity contribution in [3.05, 3.63) is 18.0 Å². The zero-order valence-electron chi connectivity index (χ0n) is 9.22. The van der Waals surface area contributed by atoms with Gasteiger partial charge in [-0.2, -0.15) is 11.8 Å². The van der Waals surface area contributed by atoms with Gasteiger partial charge in [0.1, 0.15) is 11.8 Å². The van der Waals surface area contributed by atoms with Crippen molar-refractivity contribution < 1.29 is 14.1 Å². The molecule has 1 atom stereocenters. The van der Waals surface area contributed by atoms with E-state index in [0.29, 0.717) is 13.0 Å². The van der Waals surface area contributed by atoms with Gasteiger partial charge in [0.05, 0.1) is 18.6 Å². The Balaban J connectivity index is 2.08. The average molecular weight is 244 g/mol. The second-order valence-corrected chi connectivity index (χ2v) is 4.28. The fraction of sp³-hybridized carbons (Fsp3) is 0.600. The Morgan fingerprint density at radius 1 is 1.75 bits per heavy atom. The number of thioether (sulfide) groups is 1. The highest BCUT2D eigenvalue weighted by Crippen LogP contribution is 2.12. The first-order valence-corrected chi connectivity index (χ1v) is 6.29. The zero-order chi connectivity index (χ0) is 11.8. The van der Waals surface area contributed by atoms with Crippen molar-refractivity contribution >= 4 is 17.7 Å². The lowest BCUT2D eigenvalue weighted by molar-refractivity contribution is -0.144. The van der Waals surface area contributed by atoms with E-state index in [1.807, 2.05) is 6.07 Å². The van der Waals surface area contributed by atoms with E-state index in [-0.39, 0.29) is 5.97 Å². The van der Waals surface area contributed by atoms with Gasteiger partial charge in [-0.05, 0) is 19.1 Å². The third-order valence-corrected chi connectivity index (χ3v) is 2.91. The van der Waals surface area contributed by atoms with Crippen LogP contribution in [0.4, 0.5) is 0 Å². The lowest BCUT2D eigenvalue weighted by Gasteiger charge is -2.09. The summed E-state index contributed by atoms with van der Waals surface area (Å²) in [6.07, 6.45) is 2.22. The first-order valence-electron chi connectivity index (χ1n) is 5.13. The zero-order valence-corrected chi connectivity index (χ0v) is 10.0. The average Bonchev–Trinajstić information content (AvgIpc) is 2.77. The summed E-state index contributed by atoms with van der Waals surface area (Å²) in [5, 5.41) is 3.60. The molecule has 5 nitrogen and oxygen atoms in total. The molecule has 0 amide bonds. The highest BCUT2D eigenvalue weighted by molar-refractivity contribution is 7.98. The summed E-state index contributed by atoms with van der Waals surface area (Å²) in [4.78, 5) is 11.2. The Kier molecular flexibility index (Phi) is 5.95. The predicted octanol–water partition coefficient (Wildman–Crippen LogP) is 1.19. The van der Waals surface area contributed by atoms with Crippen LogP contribution in [-0.4, -0.2) is 29.5 Å². The normalized spacial score (nSPS) is 12.4. The molecular formula is C10H16N2O3S. The molecule has 0 bridgehead atoms. The van der Waals surface area contributed by atoms with E-state index in [2.05, 4.69) is 5.16 Å². The molecule has 0 aliphatic carbocycles. The van der Waals surface area contributed by atoms with Crippen LogP contribution in [0.25, 0.3) is 0 Å². The monoisotopic (exact) mass is 244 g/mol. The van der Waals surface area contributed by atoms with Gasteiger partial charge in [-0.1, -0.05) is 5.16 Å². The molecule has 2 N–H and O–H groups in total. The van der Waals surface area contributed by atoms with E-state index in [4.69, 9.17) is 15.0 Å². The van der Waals surface area contributed by atoms with Crippen molar-refractivity contribution in [1.29, 1.82) is 0 Å². The Labute approximate surface area is 98.7 Å². The molecule has 0 radical (unpaired) electrons. The molecule has 0 saturated carbocycles. The highest BCUT2D eigenvalue weighted by Gasteiger charge is 2.13. The molecule has 0 aromatic carbocycles. The van der Waals surface area contributed by atoms with Crippen LogP contribution in [-0.2, 0) is 15.3 Å². The van der Waals surface area contributed by atoms with Crippen molar-refractivity contribution in [3.63, 3.8) is 0 Å². The number of hydrogen-bond acceptors (Lipinski definition) is 6. The molecule has 90 valence electrons. The van der Waals surface area contributed by atoms with Crippen LogP contribution < -0.4 is 5.73 Å². The summed E-state index contributed by atoms with van der Waals surface area (Å²) < 4.78 is 9.74. The van der Waals surface area contributed by atoms with Crippen molar-refractivity contribution in [2.24, 2.45) is 5.73 Å². The van der Waals surface area contributed by atoms with Gasteiger partial charge in [0.25, 0.3) is 0 Å². The van der Waals surface area contributed by atoms with Gasteiger partial charge in [0.15, 0.2) is 0 Å². The number of ether oxygens (including phenoxy) is 1. The van der Waals surface area contributed by atoms with E-state index in [0.717, 1.165) is 17.3 Å². The van der Waals surface area contributed by atoms with Gasteiger partial charge in [-0.15, -0.1) is 0 Å². The first kappa shape index (κ1) is 13.1. The van der Waals surface area contributed by atoms with Crippen LogP contribution in [0.15, 0.2) is 16.8 Å². The third-order valence-electron chi connectivity index (χ3n) is 1.90. The predicted molar refractivity (Wildman–Crippen MR) is 61.9 cm³/mol. The number of nitrogens with zero attached hydrogens (tertiary/aromatic N) is 1. The molecule has 1 aromatic heterocycles. The molecule has 16 heavy (non-hydrogen) atoms. The van der Waals surface area contributed by atoms with Gasteiger partial charge in [0, 0.05) is 6.07 Å². The van der Waals surface area contributed by atoms with Crippen molar-refractivity contribution in [2.75, 3.05) is 12.4 Å². The van der Waals surface area contributed by atoms with Gasteiger partial charge in [-0.3, -0.25) is 4.79 Å².